The molecule has 0 radical (unpaired) electrons. The van der Waals surface area contributed by atoms with E-state index < -0.39 is 0 Å². The van der Waals surface area contributed by atoms with Crippen LogP contribution in [-0.4, -0.2) is 36.8 Å². The predicted octanol–water partition coefficient (Wildman–Crippen LogP) is 2.84. The number of ether oxygens (including phenoxy) is 1. The van der Waals surface area contributed by atoms with Crippen LogP contribution in [0, 0.1) is 6.92 Å². The van der Waals surface area contributed by atoms with Crippen LogP contribution in [-0.2, 0) is 4.74 Å². The Morgan fingerprint density at radius 3 is 2.37 bits per heavy atom. The fourth-order valence-corrected chi connectivity index (χ4v) is 1.77. The molecule has 108 valence electrons. The van der Waals surface area contributed by atoms with Gasteiger partial charge in [0.2, 0.25) is 0 Å². The molecular weight excluding hydrogens is 240 g/mol. The summed E-state index contributed by atoms with van der Waals surface area (Å²) in [5.41, 5.74) is 0. The summed E-state index contributed by atoms with van der Waals surface area (Å²) in [5, 5.41) is 6.63. The van der Waals surface area contributed by atoms with Crippen molar-refractivity contribution in [2.75, 3.05) is 37.4 Å². The topological polar surface area (TPSA) is 59.1 Å². The van der Waals surface area contributed by atoms with Crippen molar-refractivity contribution in [3.63, 3.8) is 0 Å². The third-order valence-corrected chi connectivity index (χ3v) is 2.73. The Morgan fingerprint density at radius 1 is 1.05 bits per heavy atom. The molecule has 0 amide bonds. The first-order valence-electron chi connectivity index (χ1n) is 7.08. The van der Waals surface area contributed by atoms with Crippen molar-refractivity contribution in [2.45, 2.75) is 39.5 Å². The number of unbranched alkanes of at least 4 members (excludes halogenated alkanes) is 2. The monoisotopic (exact) mass is 266 g/mol. The maximum Gasteiger partial charge on any atom is 0.131 e. The lowest BCUT2D eigenvalue weighted by atomic mass is 10.2. The highest BCUT2D eigenvalue weighted by Crippen LogP contribution is 2.11. The maximum absolute atomic E-state index is 5.03. The first-order valence-corrected chi connectivity index (χ1v) is 7.08. The molecule has 0 unspecified atom stereocenters. The summed E-state index contributed by atoms with van der Waals surface area (Å²) in [7, 11) is 1.74. The highest BCUT2D eigenvalue weighted by atomic mass is 16.5. The van der Waals surface area contributed by atoms with Gasteiger partial charge in [0, 0.05) is 32.9 Å². The predicted molar refractivity (Wildman–Crippen MR) is 79.8 cm³/mol. The van der Waals surface area contributed by atoms with Crippen LogP contribution in [0.25, 0.3) is 0 Å². The summed E-state index contributed by atoms with van der Waals surface area (Å²) < 4.78 is 5.03. The standard InChI is InChI=1S/C14H26N4O/c1-4-8-15-13-11-14(18-12(2)17-13)16-9-6-5-7-10-19-3/h11H,4-10H2,1-3H3,(H2,15,16,17,18). The van der Waals surface area contributed by atoms with Crippen LogP contribution in [0.4, 0.5) is 11.6 Å². The van der Waals surface area contributed by atoms with Crippen molar-refractivity contribution < 1.29 is 4.74 Å². The van der Waals surface area contributed by atoms with Gasteiger partial charge in [-0.15, -0.1) is 0 Å². The molecule has 1 heterocycles. The number of aryl methyl sites for hydroxylation is 1. The molecule has 5 nitrogen and oxygen atoms in total. The number of rotatable bonds is 10. The lowest BCUT2D eigenvalue weighted by molar-refractivity contribution is 0.192. The van der Waals surface area contributed by atoms with Gasteiger partial charge in [-0.05, 0) is 32.6 Å². The summed E-state index contributed by atoms with van der Waals surface area (Å²) in [4.78, 5) is 8.75. The second-order valence-electron chi connectivity index (χ2n) is 4.59. The Hall–Kier alpha value is -1.36. The van der Waals surface area contributed by atoms with Crippen molar-refractivity contribution >= 4 is 11.6 Å². The second-order valence-corrected chi connectivity index (χ2v) is 4.59. The lowest BCUT2D eigenvalue weighted by Gasteiger charge is -2.09. The first kappa shape index (κ1) is 15.7. The summed E-state index contributed by atoms with van der Waals surface area (Å²) in [6.45, 7) is 6.78. The molecule has 2 N–H and O–H groups in total. The van der Waals surface area contributed by atoms with E-state index in [1.165, 1.54) is 6.42 Å². The van der Waals surface area contributed by atoms with Crippen molar-refractivity contribution in [3.05, 3.63) is 11.9 Å². The molecule has 0 spiro atoms. The summed E-state index contributed by atoms with van der Waals surface area (Å²) >= 11 is 0. The van der Waals surface area contributed by atoms with Crippen molar-refractivity contribution in [1.29, 1.82) is 0 Å². The largest absolute Gasteiger partial charge is 0.385 e. The van der Waals surface area contributed by atoms with Gasteiger partial charge >= 0.3 is 0 Å². The molecular formula is C14H26N4O. The average molecular weight is 266 g/mol. The van der Waals surface area contributed by atoms with E-state index in [-0.39, 0.29) is 0 Å². The molecule has 0 saturated carbocycles. The third-order valence-electron chi connectivity index (χ3n) is 2.73. The number of nitrogens with one attached hydrogen (secondary N) is 2. The molecule has 0 saturated heterocycles. The molecule has 0 aliphatic carbocycles. The minimum absolute atomic E-state index is 0.794. The molecule has 1 aromatic rings. The van der Waals surface area contributed by atoms with Gasteiger partial charge in [0.1, 0.15) is 17.5 Å². The normalized spacial score (nSPS) is 10.5. The van der Waals surface area contributed by atoms with E-state index in [1.54, 1.807) is 7.11 Å². The maximum atomic E-state index is 5.03. The molecule has 0 fully saturated rings. The molecule has 1 aromatic heterocycles. The van der Waals surface area contributed by atoms with Gasteiger partial charge < -0.3 is 15.4 Å². The number of aromatic nitrogens is 2. The SMILES string of the molecule is CCCNc1cc(NCCCCCOC)nc(C)n1. The van der Waals surface area contributed by atoms with E-state index in [0.717, 1.165) is 56.4 Å². The van der Waals surface area contributed by atoms with Crippen LogP contribution in [0.5, 0.6) is 0 Å². The third kappa shape index (κ3) is 6.96. The van der Waals surface area contributed by atoms with E-state index in [9.17, 15) is 0 Å². The van der Waals surface area contributed by atoms with Crippen LogP contribution in [0.3, 0.4) is 0 Å². The first-order chi connectivity index (χ1) is 9.26. The van der Waals surface area contributed by atoms with Gasteiger partial charge in [-0.25, -0.2) is 9.97 Å². The summed E-state index contributed by atoms with van der Waals surface area (Å²) in [5.74, 6) is 2.59. The van der Waals surface area contributed by atoms with Crippen LogP contribution in [0.2, 0.25) is 0 Å². The van der Waals surface area contributed by atoms with Crippen LogP contribution in [0.1, 0.15) is 38.4 Å². The summed E-state index contributed by atoms with van der Waals surface area (Å²) in [6, 6.07) is 1.97. The molecule has 0 aliphatic heterocycles. The zero-order valence-electron chi connectivity index (χ0n) is 12.3. The van der Waals surface area contributed by atoms with Crippen LogP contribution < -0.4 is 10.6 Å². The highest BCUT2D eigenvalue weighted by Gasteiger charge is 2.00. The second kappa shape index (κ2) is 9.55. The van der Waals surface area contributed by atoms with Gasteiger partial charge in [0.05, 0.1) is 0 Å². The molecule has 0 bridgehead atoms. The Balaban J connectivity index is 2.34. The van der Waals surface area contributed by atoms with Gasteiger partial charge in [0.25, 0.3) is 0 Å². The Morgan fingerprint density at radius 2 is 1.74 bits per heavy atom. The number of hydrogen-bond donors (Lipinski definition) is 2. The molecule has 0 aromatic carbocycles. The fourth-order valence-electron chi connectivity index (χ4n) is 1.77. The van der Waals surface area contributed by atoms with E-state index in [1.807, 2.05) is 13.0 Å². The number of nitrogens with zero attached hydrogens (tertiary/aromatic N) is 2. The van der Waals surface area contributed by atoms with Gasteiger partial charge in [-0.2, -0.15) is 0 Å². The van der Waals surface area contributed by atoms with E-state index >= 15 is 0 Å². The molecule has 0 aliphatic rings. The Labute approximate surface area is 116 Å². The highest BCUT2D eigenvalue weighted by molar-refractivity contribution is 5.47. The Bertz CT molecular complexity index is 357. The quantitative estimate of drug-likeness (QED) is 0.638. The molecule has 5 heteroatoms. The van der Waals surface area contributed by atoms with Crippen molar-refractivity contribution in [2.24, 2.45) is 0 Å². The van der Waals surface area contributed by atoms with E-state index in [2.05, 4.69) is 27.5 Å². The zero-order valence-corrected chi connectivity index (χ0v) is 12.3. The van der Waals surface area contributed by atoms with Crippen molar-refractivity contribution in [1.82, 2.24) is 9.97 Å². The lowest BCUT2D eigenvalue weighted by Crippen LogP contribution is -2.08. The minimum Gasteiger partial charge on any atom is -0.385 e. The smallest absolute Gasteiger partial charge is 0.131 e. The average Bonchev–Trinajstić information content (AvgIpc) is 2.40. The van der Waals surface area contributed by atoms with Gasteiger partial charge in [0.15, 0.2) is 0 Å². The van der Waals surface area contributed by atoms with Crippen LogP contribution >= 0.6 is 0 Å². The van der Waals surface area contributed by atoms with Crippen molar-refractivity contribution in [3.8, 4) is 0 Å². The van der Waals surface area contributed by atoms with Gasteiger partial charge in [-0.1, -0.05) is 6.92 Å². The molecule has 19 heavy (non-hydrogen) atoms. The summed E-state index contributed by atoms with van der Waals surface area (Å²) in [6.07, 6.45) is 4.51. The number of anilines is 2. The number of hydrogen-bond acceptors (Lipinski definition) is 5. The minimum atomic E-state index is 0.794. The molecule has 0 atom stereocenters. The zero-order chi connectivity index (χ0) is 13.9. The van der Waals surface area contributed by atoms with E-state index in [0.29, 0.717) is 0 Å². The molecule has 1 rings (SSSR count). The van der Waals surface area contributed by atoms with E-state index in [4.69, 9.17) is 4.74 Å². The fraction of sp³-hybridized carbons (Fsp3) is 0.714. The van der Waals surface area contributed by atoms with Gasteiger partial charge in [-0.3, -0.25) is 0 Å². The Kier molecular flexibility index (Phi) is 7.89. The van der Waals surface area contributed by atoms with Crippen LogP contribution in [0.15, 0.2) is 6.07 Å². The number of methoxy groups -OCH3 is 1.